The van der Waals surface area contributed by atoms with Crippen LogP contribution in [0.3, 0.4) is 0 Å². The van der Waals surface area contributed by atoms with Crippen molar-refractivity contribution in [2.75, 3.05) is 0 Å². The van der Waals surface area contributed by atoms with E-state index in [1.165, 1.54) is 0 Å². The summed E-state index contributed by atoms with van der Waals surface area (Å²) >= 11 is 1.74. The van der Waals surface area contributed by atoms with Crippen molar-refractivity contribution < 1.29 is 8.83 Å². The summed E-state index contributed by atoms with van der Waals surface area (Å²) in [4.78, 5) is 46.1. The van der Waals surface area contributed by atoms with Crippen molar-refractivity contribution in [3.8, 4) is 108 Å². The van der Waals surface area contributed by atoms with Crippen molar-refractivity contribution in [2.24, 2.45) is 0 Å². The monoisotopic (exact) mass is 1220 g/mol. The van der Waals surface area contributed by atoms with E-state index in [9.17, 15) is 0 Å². The lowest BCUT2D eigenvalue weighted by Crippen LogP contribution is -2.03. The quantitative estimate of drug-likeness (QED) is 0.129. The normalized spacial score (nSPS) is 11.8. The summed E-state index contributed by atoms with van der Waals surface area (Å²) in [5, 5.41) is 8.06. The van der Waals surface area contributed by atoms with Crippen LogP contribution in [0.5, 0.6) is 0 Å². The lowest BCUT2D eigenvalue weighted by molar-refractivity contribution is 0.653. The first-order valence-electron chi connectivity index (χ1n) is 30.9. The van der Waals surface area contributed by atoms with Gasteiger partial charge >= 0.3 is 0 Å². The summed E-state index contributed by atoms with van der Waals surface area (Å²) in [6.07, 6.45) is 3.83. The molecule has 8 heterocycles. The van der Waals surface area contributed by atoms with Crippen LogP contribution in [0.4, 0.5) is 0 Å². The van der Waals surface area contributed by atoms with Gasteiger partial charge in [-0.05, 0) is 101 Å². The molecule has 94 heavy (non-hydrogen) atoms. The Morgan fingerprint density at radius 2 is 0.830 bits per heavy atom. The second-order valence-electron chi connectivity index (χ2n) is 23.2. The van der Waals surface area contributed by atoms with Gasteiger partial charge in [-0.15, -0.1) is 11.3 Å². The summed E-state index contributed by atoms with van der Waals surface area (Å²) in [6.45, 7) is 0. The van der Waals surface area contributed by atoms with E-state index in [-0.39, 0.29) is 0 Å². The molecule has 19 rings (SSSR count). The molecule has 12 nitrogen and oxygen atoms in total. The molecular weight excluding hydrogens is 1180 g/mol. The van der Waals surface area contributed by atoms with Gasteiger partial charge in [0.1, 0.15) is 22.4 Å². The fourth-order valence-corrected chi connectivity index (χ4v) is 14.5. The molecular formula is C81H46N10O2S. The standard InChI is InChI=1S/C81H46N10O2S/c1-4-17-48(18-5-1)74-84-75(49-19-6-2-7-20-49)87-79(86-74)61-38-37-56(73-70(61)60-41-42-82-46-69(60)94-73)52-33-39-65-62(44-52)57-25-10-13-28-64(57)91(65)55-35-31-47(32-36-55)51-23-16-24-53(43-51)78-85-76(50-21-8-3-9-22-50)88-80(89-78)72-71-59-27-12-15-30-67(59)93-81(71)90-77(83-72)54-34-40-68-63(45-54)58-26-11-14-29-66(58)92-68/h1-46H. The SMILES string of the molecule is c1ccc(-c2nc(-c3cccc(-c4ccc(-n5c6ccccc6c6cc(-c7ccc(-c8nc(-c9ccccc9)nc(-c9ccccc9)n8)c8c7sc7cnccc78)ccc65)cc4)c3)nc(-c3nc(-c4ccc5oc6ccccc6c5c4)nc4oc5ccccc5c34)n2)cc1. The average Bonchev–Trinajstić information content (AvgIpc) is 1.58. The van der Waals surface area contributed by atoms with Crippen molar-refractivity contribution in [3.05, 3.63) is 279 Å². The van der Waals surface area contributed by atoms with Crippen LogP contribution in [0, 0.1) is 0 Å². The van der Waals surface area contributed by atoms with Gasteiger partial charge in [-0.1, -0.05) is 188 Å². The topological polar surface area (TPSA) is 147 Å². The lowest BCUT2D eigenvalue weighted by Gasteiger charge is -2.12. The van der Waals surface area contributed by atoms with E-state index in [2.05, 4.69) is 125 Å². The molecule has 8 aromatic heterocycles. The molecule has 0 spiro atoms. The second-order valence-corrected chi connectivity index (χ2v) is 24.3. The number of thiophene rings is 1. The first-order valence-corrected chi connectivity index (χ1v) is 31.7. The Morgan fingerprint density at radius 1 is 0.298 bits per heavy atom. The Balaban J connectivity index is 0.696. The smallest absolute Gasteiger partial charge is 0.231 e. The number of fused-ring (bicyclic) bond motifs is 12. The molecule has 0 saturated heterocycles. The molecule has 0 bridgehead atoms. The molecule has 0 N–H and O–H groups in total. The third-order valence-corrected chi connectivity index (χ3v) is 18.9. The third-order valence-electron chi connectivity index (χ3n) is 17.7. The molecule has 0 saturated carbocycles. The summed E-state index contributed by atoms with van der Waals surface area (Å²) in [5.41, 5.74) is 16.0. The van der Waals surface area contributed by atoms with E-state index in [0.29, 0.717) is 63.1 Å². The van der Waals surface area contributed by atoms with Crippen molar-refractivity contribution >= 4 is 97.3 Å². The molecule has 0 aliphatic carbocycles. The van der Waals surface area contributed by atoms with Crippen LogP contribution in [0.1, 0.15) is 0 Å². The maximum atomic E-state index is 6.52. The summed E-state index contributed by atoms with van der Waals surface area (Å²) < 4.78 is 17.3. The predicted molar refractivity (Wildman–Crippen MR) is 377 cm³/mol. The minimum atomic E-state index is 0.391. The minimum Gasteiger partial charge on any atom is -0.456 e. The molecule has 0 fully saturated rings. The summed E-state index contributed by atoms with van der Waals surface area (Å²) in [6, 6.07) is 91.4. The van der Waals surface area contributed by atoms with Crippen LogP contribution < -0.4 is 0 Å². The van der Waals surface area contributed by atoms with Crippen LogP contribution >= 0.6 is 11.3 Å². The summed E-state index contributed by atoms with van der Waals surface area (Å²) in [5.74, 6) is 3.72. The number of rotatable bonds is 10. The maximum absolute atomic E-state index is 6.52. The minimum absolute atomic E-state index is 0.391. The zero-order valence-corrected chi connectivity index (χ0v) is 50.6. The highest BCUT2D eigenvalue weighted by Gasteiger charge is 2.25. The Hall–Kier alpha value is -12.7. The van der Waals surface area contributed by atoms with Crippen molar-refractivity contribution in [3.63, 3.8) is 0 Å². The van der Waals surface area contributed by atoms with Gasteiger partial charge in [-0.3, -0.25) is 4.98 Å². The highest BCUT2D eigenvalue weighted by molar-refractivity contribution is 7.26. The van der Waals surface area contributed by atoms with E-state index < -0.39 is 0 Å². The lowest BCUT2D eigenvalue weighted by atomic mass is 9.97. The number of furan rings is 2. The molecule has 0 unspecified atom stereocenters. The number of hydrogen-bond donors (Lipinski definition) is 0. The number of benzene rings is 11. The second kappa shape index (κ2) is 21.5. The summed E-state index contributed by atoms with van der Waals surface area (Å²) in [7, 11) is 0. The highest BCUT2D eigenvalue weighted by atomic mass is 32.1. The van der Waals surface area contributed by atoms with Gasteiger partial charge in [-0.2, -0.15) is 4.98 Å². The van der Waals surface area contributed by atoms with E-state index in [0.717, 1.165) is 131 Å². The molecule has 19 aromatic rings. The fourth-order valence-electron chi connectivity index (χ4n) is 13.2. The van der Waals surface area contributed by atoms with Gasteiger partial charge in [0.15, 0.2) is 40.8 Å². The van der Waals surface area contributed by atoms with Crippen LogP contribution in [0.25, 0.3) is 194 Å². The molecule has 0 aliphatic heterocycles. The van der Waals surface area contributed by atoms with Crippen LogP contribution in [0.2, 0.25) is 0 Å². The average molecular weight is 1220 g/mol. The first-order chi connectivity index (χ1) is 46.5. The van der Waals surface area contributed by atoms with E-state index in [4.69, 9.17) is 48.7 Å². The van der Waals surface area contributed by atoms with Crippen LogP contribution in [0.15, 0.2) is 288 Å². The molecule has 0 aliphatic rings. The van der Waals surface area contributed by atoms with E-state index in [1.807, 2.05) is 164 Å². The Kier molecular flexibility index (Phi) is 12.1. The van der Waals surface area contributed by atoms with Gasteiger partial charge in [-0.25, -0.2) is 34.9 Å². The van der Waals surface area contributed by atoms with Gasteiger partial charge in [0.05, 0.1) is 21.1 Å². The fraction of sp³-hybridized carbons (Fsp3) is 0. The Bertz CT molecular complexity index is 6190. The first kappa shape index (κ1) is 53.2. The van der Waals surface area contributed by atoms with Gasteiger partial charge < -0.3 is 13.4 Å². The molecule has 0 atom stereocenters. The predicted octanol–water partition coefficient (Wildman–Crippen LogP) is 20.5. The van der Waals surface area contributed by atoms with Crippen LogP contribution in [-0.4, -0.2) is 49.4 Å². The number of para-hydroxylation sites is 3. The zero-order valence-electron chi connectivity index (χ0n) is 49.8. The molecule has 438 valence electrons. The molecule has 0 radical (unpaired) electrons. The van der Waals surface area contributed by atoms with Gasteiger partial charge in [0.2, 0.25) is 5.71 Å². The number of nitrogens with zero attached hydrogens (tertiary/aromatic N) is 10. The number of aromatic nitrogens is 10. The van der Waals surface area contributed by atoms with Crippen molar-refractivity contribution in [1.29, 1.82) is 0 Å². The van der Waals surface area contributed by atoms with Crippen molar-refractivity contribution in [2.45, 2.75) is 0 Å². The molecule has 13 heteroatoms. The van der Waals surface area contributed by atoms with Gasteiger partial charge in [0.25, 0.3) is 0 Å². The van der Waals surface area contributed by atoms with Crippen LogP contribution in [-0.2, 0) is 0 Å². The van der Waals surface area contributed by atoms with E-state index in [1.54, 1.807) is 11.3 Å². The Morgan fingerprint density at radius 3 is 1.56 bits per heavy atom. The third kappa shape index (κ3) is 8.85. The molecule has 0 amide bonds. The number of pyridine rings is 1. The number of hydrogen-bond acceptors (Lipinski definition) is 12. The van der Waals surface area contributed by atoms with Gasteiger partial charge in [0, 0.05) is 93.9 Å². The maximum Gasteiger partial charge on any atom is 0.231 e. The molecule has 11 aromatic carbocycles. The van der Waals surface area contributed by atoms with Crippen molar-refractivity contribution in [1.82, 2.24) is 49.4 Å². The van der Waals surface area contributed by atoms with E-state index >= 15 is 0 Å². The Labute approximate surface area is 539 Å². The highest BCUT2D eigenvalue weighted by Crippen LogP contribution is 2.46. The zero-order chi connectivity index (χ0) is 61.8. The largest absolute Gasteiger partial charge is 0.456 e.